The first-order valence-corrected chi connectivity index (χ1v) is 5.21. The van der Waals surface area contributed by atoms with Crippen LogP contribution in [0.1, 0.15) is 10.5 Å². The quantitative estimate of drug-likeness (QED) is 0.869. The van der Waals surface area contributed by atoms with Crippen LogP contribution in [0.15, 0.2) is 46.8 Å². The molecule has 0 saturated heterocycles. The minimum absolute atomic E-state index is 0.0645. The molecule has 5 nitrogen and oxygen atoms in total. The van der Waals surface area contributed by atoms with Crippen LogP contribution in [0.3, 0.4) is 0 Å². The van der Waals surface area contributed by atoms with Crippen LogP contribution in [-0.4, -0.2) is 26.0 Å². The molecule has 0 aliphatic heterocycles. The summed E-state index contributed by atoms with van der Waals surface area (Å²) in [4.78, 5) is 22.4. The van der Waals surface area contributed by atoms with E-state index in [1.54, 1.807) is 6.20 Å². The lowest BCUT2D eigenvalue weighted by molar-refractivity contribution is 0.0689. The molecule has 0 fully saturated rings. The van der Waals surface area contributed by atoms with Crippen LogP contribution in [0.5, 0.6) is 0 Å². The van der Waals surface area contributed by atoms with Crippen molar-refractivity contribution in [2.24, 2.45) is 0 Å². The van der Waals surface area contributed by atoms with Gasteiger partial charge in [0.2, 0.25) is 0 Å². The monoisotopic (exact) mass is 233 g/mol. The Bertz CT molecular complexity index is 487. The minimum atomic E-state index is -1.08. The number of aromatic carboxylic acids is 1. The predicted octanol–water partition coefficient (Wildman–Crippen LogP) is 1.72. The zero-order valence-electron chi connectivity index (χ0n) is 8.07. The maximum Gasteiger partial charge on any atom is 0.356 e. The summed E-state index contributed by atoms with van der Waals surface area (Å²) in [5.74, 6) is -1.08. The molecule has 0 saturated carbocycles. The number of aromatic nitrogens is 3. The van der Waals surface area contributed by atoms with Crippen molar-refractivity contribution in [2.75, 3.05) is 0 Å². The molecule has 0 radical (unpaired) electrons. The Kier molecular flexibility index (Phi) is 3.11. The highest BCUT2D eigenvalue weighted by atomic mass is 32.2. The molecule has 2 heterocycles. The Hall–Kier alpha value is -1.95. The molecule has 1 N–H and O–H groups in total. The van der Waals surface area contributed by atoms with Gasteiger partial charge in [0.05, 0.1) is 12.4 Å². The third kappa shape index (κ3) is 2.54. The van der Waals surface area contributed by atoms with E-state index < -0.39 is 5.97 Å². The number of hydrogen-bond donors (Lipinski definition) is 1. The van der Waals surface area contributed by atoms with Crippen molar-refractivity contribution >= 4 is 17.7 Å². The van der Waals surface area contributed by atoms with Crippen LogP contribution in [0.2, 0.25) is 0 Å². The number of carbonyl (C=O) groups is 1. The van der Waals surface area contributed by atoms with E-state index in [0.717, 1.165) is 5.03 Å². The molecule has 0 bridgehead atoms. The average molecular weight is 233 g/mol. The Morgan fingerprint density at radius 3 is 2.56 bits per heavy atom. The van der Waals surface area contributed by atoms with Gasteiger partial charge in [-0.2, -0.15) is 0 Å². The first-order valence-electron chi connectivity index (χ1n) is 4.40. The molecule has 0 aliphatic rings. The minimum Gasteiger partial charge on any atom is -0.476 e. The van der Waals surface area contributed by atoms with E-state index in [-0.39, 0.29) is 5.69 Å². The van der Waals surface area contributed by atoms with Crippen molar-refractivity contribution in [2.45, 2.75) is 10.1 Å². The van der Waals surface area contributed by atoms with Gasteiger partial charge in [-0.25, -0.2) is 19.7 Å². The van der Waals surface area contributed by atoms with Gasteiger partial charge in [-0.15, -0.1) is 0 Å². The fraction of sp³-hybridized carbons (Fsp3) is 0. The second-order valence-electron chi connectivity index (χ2n) is 2.82. The van der Waals surface area contributed by atoms with Crippen molar-refractivity contribution in [3.05, 3.63) is 42.5 Å². The molecule has 0 aromatic carbocycles. The lowest BCUT2D eigenvalue weighted by Gasteiger charge is -1.99. The van der Waals surface area contributed by atoms with Gasteiger partial charge in [0.15, 0.2) is 5.69 Å². The van der Waals surface area contributed by atoms with Gasteiger partial charge in [-0.3, -0.25) is 0 Å². The van der Waals surface area contributed by atoms with Crippen molar-refractivity contribution in [3.63, 3.8) is 0 Å². The topological polar surface area (TPSA) is 76.0 Å². The Labute approximate surface area is 95.6 Å². The normalized spacial score (nSPS) is 10.0. The number of hydrogen-bond acceptors (Lipinski definition) is 5. The summed E-state index contributed by atoms with van der Waals surface area (Å²) in [7, 11) is 0. The van der Waals surface area contributed by atoms with Gasteiger partial charge in [0.1, 0.15) is 10.1 Å². The van der Waals surface area contributed by atoms with Crippen molar-refractivity contribution in [3.8, 4) is 0 Å². The molecule has 80 valence electrons. The molecule has 0 amide bonds. The third-order valence-electron chi connectivity index (χ3n) is 1.69. The molecular weight excluding hydrogens is 226 g/mol. The Morgan fingerprint density at radius 1 is 1.12 bits per heavy atom. The summed E-state index contributed by atoms with van der Waals surface area (Å²) in [6.07, 6.45) is 4.33. The Morgan fingerprint density at radius 2 is 2.00 bits per heavy atom. The third-order valence-corrected chi connectivity index (χ3v) is 2.56. The lowest BCUT2D eigenvalue weighted by atomic mass is 10.5. The van der Waals surface area contributed by atoms with Gasteiger partial charge in [0.25, 0.3) is 0 Å². The summed E-state index contributed by atoms with van der Waals surface area (Å²) in [6, 6.07) is 5.54. The smallest absolute Gasteiger partial charge is 0.356 e. The predicted molar refractivity (Wildman–Crippen MR) is 57.4 cm³/mol. The van der Waals surface area contributed by atoms with Gasteiger partial charge in [-0.1, -0.05) is 6.07 Å². The summed E-state index contributed by atoms with van der Waals surface area (Å²) in [5.41, 5.74) is -0.0645. The summed E-state index contributed by atoms with van der Waals surface area (Å²) in [6.45, 7) is 0. The maximum absolute atomic E-state index is 10.5. The van der Waals surface area contributed by atoms with Crippen molar-refractivity contribution in [1.29, 1.82) is 0 Å². The molecule has 0 aliphatic carbocycles. The van der Waals surface area contributed by atoms with E-state index in [2.05, 4.69) is 15.0 Å². The van der Waals surface area contributed by atoms with E-state index >= 15 is 0 Å². The van der Waals surface area contributed by atoms with E-state index in [9.17, 15) is 4.79 Å². The number of carboxylic acids is 1. The summed E-state index contributed by atoms with van der Waals surface area (Å²) >= 11 is 1.33. The highest BCUT2D eigenvalue weighted by molar-refractivity contribution is 7.99. The van der Waals surface area contributed by atoms with Gasteiger partial charge < -0.3 is 5.11 Å². The van der Waals surface area contributed by atoms with Crippen LogP contribution in [0.25, 0.3) is 0 Å². The zero-order chi connectivity index (χ0) is 11.4. The van der Waals surface area contributed by atoms with Gasteiger partial charge in [-0.05, 0) is 23.9 Å². The highest BCUT2D eigenvalue weighted by Gasteiger charge is 2.05. The van der Waals surface area contributed by atoms with Gasteiger partial charge in [0, 0.05) is 6.20 Å². The van der Waals surface area contributed by atoms with Crippen molar-refractivity contribution < 1.29 is 9.90 Å². The molecule has 2 aromatic heterocycles. The van der Waals surface area contributed by atoms with E-state index in [1.807, 2.05) is 18.2 Å². The molecule has 2 aromatic rings. The summed E-state index contributed by atoms with van der Waals surface area (Å²) < 4.78 is 0. The van der Waals surface area contributed by atoms with Crippen LogP contribution in [0.4, 0.5) is 0 Å². The maximum atomic E-state index is 10.5. The number of pyridine rings is 1. The van der Waals surface area contributed by atoms with E-state index in [4.69, 9.17) is 5.11 Å². The van der Waals surface area contributed by atoms with Crippen LogP contribution < -0.4 is 0 Å². The molecule has 0 atom stereocenters. The first-order chi connectivity index (χ1) is 7.75. The number of carboxylic acid groups (broad SMARTS) is 1. The average Bonchev–Trinajstić information content (AvgIpc) is 2.31. The number of nitrogens with zero attached hydrogens (tertiary/aromatic N) is 3. The van der Waals surface area contributed by atoms with Crippen molar-refractivity contribution in [1.82, 2.24) is 15.0 Å². The molecule has 2 rings (SSSR count). The molecule has 16 heavy (non-hydrogen) atoms. The lowest BCUT2D eigenvalue weighted by Crippen LogP contribution is -2.00. The zero-order valence-corrected chi connectivity index (χ0v) is 8.89. The second kappa shape index (κ2) is 4.71. The second-order valence-corrected chi connectivity index (χ2v) is 3.86. The summed E-state index contributed by atoms with van der Waals surface area (Å²) in [5, 5.41) is 10.0. The SMILES string of the molecule is O=C(O)c1cnc(Sc2ccccn2)cn1. The van der Waals surface area contributed by atoms with E-state index in [1.165, 1.54) is 24.2 Å². The molecule has 0 unspecified atom stereocenters. The molecule has 6 heteroatoms. The van der Waals surface area contributed by atoms with Crippen LogP contribution in [0, 0.1) is 0 Å². The van der Waals surface area contributed by atoms with E-state index in [0.29, 0.717) is 5.03 Å². The molecular formula is C10H7N3O2S. The fourth-order valence-corrected chi connectivity index (χ4v) is 1.68. The molecule has 0 spiro atoms. The van der Waals surface area contributed by atoms with Gasteiger partial charge >= 0.3 is 5.97 Å². The number of rotatable bonds is 3. The largest absolute Gasteiger partial charge is 0.476 e. The fourth-order valence-electron chi connectivity index (χ4n) is 0.994. The van der Waals surface area contributed by atoms with Crippen LogP contribution in [-0.2, 0) is 0 Å². The standard InChI is InChI=1S/C10H7N3O2S/c14-10(15)7-5-13-9(6-12-7)16-8-3-1-2-4-11-8/h1-6H,(H,14,15). The van der Waals surface area contributed by atoms with Crippen LogP contribution >= 0.6 is 11.8 Å². The first kappa shape index (κ1) is 10.6. The Balaban J connectivity index is 2.14. The highest BCUT2D eigenvalue weighted by Crippen LogP contribution is 2.22.